The minimum atomic E-state index is 0.717. The number of thioether (sulfide) groups is 1. The zero-order valence-electron chi connectivity index (χ0n) is 10.6. The van der Waals surface area contributed by atoms with Crippen molar-refractivity contribution >= 4 is 11.8 Å². The highest BCUT2D eigenvalue weighted by Crippen LogP contribution is 2.28. The molecule has 3 atom stereocenters. The molecule has 3 unspecified atom stereocenters. The van der Waals surface area contributed by atoms with Gasteiger partial charge in [0.25, 0.3) is 0 Å². The van der Waals surface area contributed by atoms with E-state index in [0.717, 1.165) is 11.3 Å². The maximum atomic E-state index is 3.82. The van der Waals surface area contributed by atoms with Gasteiger partial charge in [-0.2, -0.15) is 11.8 Å². The van der Waals surface area contributed by atoms with Crippen molar-refractivity contribution < 1.29 is 0 Å². The predicted octanol–water partition coefficient (Wildman–Crippen LogP) is 3.83. The summed E-state index contributed by atoms with van der Waals surface area (Å²) in [5.41, 5.74) is 0. The van der Waals surface area contributed by atoms with E-state index in [1.54, 1.807) is 0 Å². The van der Waals surface area contributed by atoms with Crippen LogP contribution in [0.5, 0.6) is 0 Å². The molecule has 1 nitrogen and oxygen atoms in total. The van der Waals surface area contributed by atoms with Gasteiger partial charge in [-0.05, 0) is 32.4 Å². The number of unbranched alkanes of at least 4 members (excludes halogenated alkanes) is 2. The Kier molecular flexibility index (Phi) is 6.74. The smallest absolute Gasteiger partial charge is 0.0198 e. The second-order valence-corrected chi connectivity index (χ2v) is 5.95. The summed E-state index contributed by atoms with van der Waals surface area (Å²) < 4.78 is 0. The lowest BCUT2D eigenvalue weighted by Crippen LogP contribution is -2.40. The molecule has 90 valence electrons. The summed E-state index contributed by atoms with van der Waals surface area (Å²) in [4.78, 5) is 0. The van der Waals surface area contributed by atoms with Crippen molar-refractivity contribution in [3.8, 4) is 0 Å². The van der Waals surface area contributed by atoms with Crippen LogP contribution >= 0.6 is 11.8 Å². The third kappa shape index (κ3) is 4.78. The zero-order chi connectivity index (χ0) is 11.1. The van der Waals surface area contributed by atoms with Gasteiger partial charge in [0.2, 0.25) is 0 Å². The molecule has 0 heterocycles. The first-order chi connectivity index (χ1) is 7.27. The van der Waals surface area contributed by atoms with Crippen LogP contribution in [0.1, 0.15) is 58.8 Å². The van der Waals surface area contributed by atoms with Gasteiger partial charge in [0.05, 0.1) is 0 Å². The number of rotatable bonds is 7. The molecule has 0 aromatic carbocycles. The standard InChI is InChI=1S/C13H27NS/c1-4-5-6-8-11(2)14-12-9-7-10-13(12)15-3/h11-14H,4-10H2,1-3H3. The van der Waals surface area contributed by atoms with Crippen molar-refractivity contribution in [2.24, 2.45) is 0 Å². The van der Waals surface area contributed by atoms with Crippen LogP contribution in [0.4, 0.5) is 0 Å². The molecule has 1 N–H and O–H groups in total. The van der Waals surface area contributed by atoms with Crippen molar-refractivity contribution in [2.45, 2.75) is 76.1 Å². The highest BCUT2D eigenvalue weighted by atomic mass is 32.2. The van der Waals surface area contributed by atoms with Crippen LogP contribution in [0.3, 0.4) is 0 Å². The first kappa shape index (κ1) is 13.4. The van der Waals surface area contributed by atoms with Crippen LogP contribution in [0.2, 0.25) is 0 Å². The highest BCUT2D eigenvalue weighted by molar-refractivity contribution is 7.99. The van der Waals surface area contributed by atoms with Gasteiger partial charge in [-0.25, -0.2) is 0 Å². The molecular formula is C13H27NS. The molecular weight excluding hydrogens is 202 g/mol. The summed E-state index contributed by atoms with van der Waals surface area (Å²) in [6.07, 6.45) is 12.0. The Labute approximate surface area is 99.8 Å². The Bertz CT molecular complexity index is 161. The zero-order valence-corrected chi connectivity index (χ0v) is 11.4. The Balaban J connectivity index is 2.15. The van der Waals surface area contributed by atoms with Crippen LogP contribution < -0.4 is 5.32 Å². The third-order valence-corrected chi connectivity index (χ3v) is 4.66. The van der Waals surface area contributed by atoms with E-state index in [0.29, 0.717) is 6.04 Å². The summed E-state index contributed by atoms with van der Waals surface area (Å²) in [5.74, 6) is 0. The van der Waals surface area contributed by atoms with Gasteiger partial charge < -0.3 is 5.32 Å². The lowest BCUT2D eigenvalue weighted by molar-refractivity contribution is 0.423. The topological polar surface area (TPSA) is 12.0 Å². The molecule has 1 saturated carbocycles. The monoisotopic (exact) mass is 229 g/mol. The van der Waals surface area contributed by atoms with Gasteiger partial charge in [0, 0.05) is 17.3 Å². The van der Waals surface area contributed by atoms with E-state index in [1.807, 2.05) is 11.8 Å². The average molecular weight is 229 g/mol. The maximum absolute atomic E-state index is 3.82. The molecule has 0 aromatic rings. The largest absolute Gasteiger partial charge is 0.310 e. The molecule has 1 rings (SSSR count). The van der Waals surface area contributed by atoms with Gasteiger partial charge in [0.1, 0.15) is 0 Å². The number of hydrogen-bond acceptors (Lipinski definition) is 2. The van der Waals surface area contributed by atoms with Gasteiger partial charge >= 0.3 is 0 Å². The second-order valence-electron chi connectivity index (χ2n) is 4.88. The summed E-state index contributed by atoms with van der Waals surface area (Å²) >= 11 is 2.05. The minimum absolute atomic E-state index is 0.717. The van der Waals surface area contributed by atoms with Gasteiger partial charge in [-0.3, -0.25) is 0 Å². The van der Waals surface area contributed by atoms with E-state index in [9.17, 15) is 0 Å². The van der Waals surface area contributed by atoms with E-state index in [2.05, 4.69) is 25.4 Å². The number of nitrogens with one attached hydrogen (secondary N) is 1. The Morgan fingerprint density at radius 3 is 2.80 bits per heavy atom. The van der Waals surface area contributed by atoms with Crippen molar-refractivity contribution in [1.29, 1.82) is 0 Å². The SMILES string of the molecule is CCCCCC(C)NC1CCCC1SC. The van der Waals surface area contributed by atoms with Crippen LogP contribution in [0, 0.1) is 0 Å². The van der Waals surface area contributed by atoms with Gasteiger partial charge in [-0.15, -0.1) is 0 Å². The fraction of sp³-hybridized carbons (Fsp3) is 1.00. The van der Waals surface area contributed by atoms with Gasteiger partial charge in [0.15, 0.2) is 0 Å². The molecule has 0 radical (unpaired) electrons. The van der Waals surface area contributed by atoms with Crippen molar-refractivity contribution in [3.63, 3.8) is 0 Å². The molecule has 0 aliphatic heterocycles. The first-order valence-corrected chi connectivity index (χ1v) is 7.85. The molecule has 0 spiro atoms. The molecule has 1 aliphatic carbocycles. The molecule has 15 heavy (non-hydrogen) atoms. The van der Waals surface area contributed by atoms with Crippen molar-refractivity contribution in [1.82, 2.24) is 5.32 Å². The second kappa shape index (κ2) is 7.56. The molecule has 0 saturated heterocycles. The van der Waals surface area contributed by atoms with E-state index in [1.165, 1.54) is 44.9 Å². The quantitative estimate of drug-likeness (QED) is 0.666. The summed E-state index contributed by atoms with van der Waals surface area (Å²) in [5, 5.41) is 4.69. The Morgan fingerprint density at radius 2 is 2.13 bits per heavy atom. The minimum Gasteiger partial charge on any atom is -0.310 e. The molecule has 2 heteroatoms. The van der Waals surface area contributed by atoms with Crippen LogP contribution in [0.25, 0.3) is 0 Å². The van der Waals surface area contributed by atoms with Crippen LogP contribution in [0.15, 0.2) is 0 Å². The van der Waals surface area contributed by atoms with Crippen molar-refractivity contribution in [2.75, 3.05) is 6.26 Å². The molecule has 0 bridgehead atoms. The molecule has 1 fully saturated rings. The predicted molar refractivity (Wildman–Crippen MR) is 71.7 cm³/mol. The normalized spacial score (nSPS) is 28.2. The average Bonchev–Trinajstić information content (AvgIpc) is 2.65. The highest BCUT2D eigenvalue weighted by Gasteiger charge is 2.26. The third-order valence-electron chi connectivity index (χ3n) is 3.49. The summed E-state index contributed by atoms with van der Waals surface area (Å²) in [7, 11) is 0. The van der Waals surface area contributed by atoms with E-state index >= 15 is 0 Å². The fourth-order valence-corrected chi connectivity index (χ4v) is 3.49. The van der Waals surface area contributed by atoms with Gasteiger partial charge in [-0.1, -0.05) is 32.6 Å². The lowest BCUT2D eigenvalue weighted by atomic mass is 10.1. The Morgan fingerprint density at radius 1 is 1.33 bits per heavy atom. The summed E-state index contributed by atoms with van der Waals surface area (Å²) in [6.45, 7) is 4.63. The van der Waals surface area contributed by atoms with E-state index in [4.69, 9.17) is 0 Å². The number of hydrogen-bond donors (Lipinski definition) is 1. The maximum Gasteiger partial charge on any atom is 0.0198 e. The first-order valence-electron chi connectivity index (χ1n) is 6.56. The summed E-state index contributed by atoms with van der Waals surface area (Å²) in [6, 6.07) is 1.51. The van der Waals surface area contributed by atoms with Crippen LogP contribution in [-0.2, 0) is 0 Å². The molecule has 1 aliphatic rings. The van der Waals surface area contributed by atoms with Crippen molar-refractivity contribution in [3.05, 3.63) is 0 Å². The van der Waals surface area contributed by atoms with Crippen LogP contribution in [-0.4, -0.2) is 23.6 Å². The van der Waals surface area contributed by atoms with E-state index < -0.39 is 0 Å². The molecule has 0 aromatic heterocycles. The fourth-order valence-electron chi connectivity index (χ4n) is 2.55. The Hall–Kier alpha value is 0.310. The molecule has 0 amide bonds. The van der Waals surface area contributed by atoms with E-state index in [-0.39, 0.29) is 0 Å². The lowest BCUT2D eigenvalue weighted by Gasteiger charge is -2.24.